The highest BCUT2D eigenvalue weighted by Crippen LogP contribution is 2.50. The Morgan fingerprint density at radius 3 is 2.30 bits per heavy atom. The summed E-state index contributed by atoms with van der Waals surface area (Å²) in [5, 5.41) is 11.7. The third-order valence-corrected chi connectivity index (χ3v) is 5.99. The highest BCUT2D eigenvalue weighted by molar-refractivity contribution is 8.01. The van der Waals surface area contributed by atoms with E-state index >= 15 is 0 Å². The number of carbonyl (C=O) groups excluding carboxylic acids is 2. The van der Waals surface area contributed by atoms with Gasteiger partial charge in [0.15, 0.2) is 0 Å². The van der Waals surface area contributed by atoms with Crippen LogP contribution in [0.2, 0.25) is 0 Å². The molecule has 10 nitrogen and oxygen atoms in total. The summed E-state index contributed by atoms with van der Waals surface area (Å²) < 4.78 is -0.618. The lowest BCUT2D eigenvalue weighted by Gasteiger charge is -2.43. The first-order chi connectivity index (χ1) is 11.2. The largest absolute Gasteiger partial charge is 0.480 e. The van der Waals surface area contributed by atoms with Gasteiger partial charge >= 0.3 is 5.97 Å². The minimum Gasteiger partial charge on any atom is -0.480 e. The molecule has 1 aromatic carbocycles. The number of nitrogens with one attached hydrogen (secondary N) is 1. The molecule has 4 atom stereocenters. The Morgan fingerprint density at radius 1 is 1.22 bits per heavy atom. The fourth-order valence-corrected chi connectivity index (χ4v) is 4.83. The van der Waals surface area contributed by atoms with Crippen molar-refractivity contribution in [1.29, 1.82) is 0 Å². The van der Waals surface area contributed by atoms with Crippen molar-refractivity contribution in [2.75, 3.05) is 0 Å². The van der Waals surface area contributed by atoms with Gasteiger partial charge in [0.25, 0.3) is 0 Å². The van der Waals surface area contributed by atoms with Gasteiger partial charge in [-0.3, -0.25) is 9.59 Å². The SMILES string of the molecule is CC1(C)S[C@@H]2[C@@H](NC(=O)[C@@H](N)c3ccccc3)C(=O)N2[C@H]1C(=O)O.O.O.O. The molecule has 0 radical (unpaired) electrons. The molecule has 2 fully saturated rings. The molecule has 27 heavy (non-hydrogen) atoms. The number of hydrogen-bond donors (Lipinski definition) is 3. The van der Waals surface area contributed by atoms with Crippen LogP contribution >= 0.6 is 11.8 Å². The number of nitrogens with zero attached hydrogens (tertiary/aromatic N) is 1. The first kappa shape index (κ1) is 24.8. The zero-order chi connectivity index (χ0) is 17.6. The number of nitrogens with two attached hydrogens (primary N) is 1. The second-order valence-corrected chi connectivity index (χ2v) is 8.24. The number of hydrogen-bond acceptors (Lipinski definition) is 5. The van der Waals surface area contributed by atoms with Gasteiger partial charge in [0.2, 0.25) is 11.8 Å². The van der Waals surface area contributed by atoms with Crippen molar-refractivity contribution in [3.05, 3.63) is 35.9 Å². The molecule has 2 amide bonds. The maximum atomic E-state index is 12.3. The number of β-lactam (4-membered cyclic amide) rings is 1. The Hall–Kier alpha value is -2.18. The maximum absolute atomic E-state index is 12.3. The summed E-state index contributed by atoms with van der Waals surface area (Å²) in [5.41, 5.74) is 6.59. The van der Waals surface area contributed by atoms with Crippen molar-refractivity contribution in [1.82, 2.24) is 10.2 Å². The molecule has 0 unspecified atom stereocenters. The summed E-state index contributed by atoms with van der Waals surface area (Å²) in [6.07, 6.45) is 0. The second-order valence-electron chi connectivity index (χ2n) is 6.47. The predicted octanol–water partition coefficient (Wildman–Crippen LogP) is -2.16. The van der Waals surface area contributed by atoms with E-state index in [2.05, 4.69) is 5.32 Å². The van der Waals surface area contributed by atoms with Crippen molar-refractivity contribution >= 4 is 29.5 Å². The number of benzene rings is 1. The van der Waals surface area contributed by atoms with Gasteiger partial charge in [-0.25, -0.2) is 4.79 Å². The van der Waals surface area contributed by atoms with Crippen molar-refractivity contribution in [3.8, 4) is 0 Å². The van der Waals surface area contributed by atoms with E-state index in [0.29, 0.717) is 5.56 Å². The fourth-order valence-electron chi connectivity index (χ4n) is 3.20. The molecular formula is C16H25N3O7S. The van der Waals surface area contributed by atoms with Crippen molar-refractivity contribution in [3.63, 3.8) is 0 Å². The number of fused-ring (bicyclic) bond motifs is 1. The smallest absolute Gasteiger partial charge is 0.327 e. The van der Waals surface area contributed by atoms with Crippen LogP contribution in [0.5, 0.6) is 0 Å². The van der Waals surface area contributed by atoms with Crippen molar-refractivity contribution in [2.24, 2.45) is 5.73 Å². The summed E-state index contributed by atoms with van der Waals surface area (Å²) in [5.74, 6) is -1.86. The topological polar surface area (TPSA) is 207 Å². The van der Waals surface area contributed by atoms with Crippen LogP contribution in [-0.2, 0) is 14.4 Å². The summed E-state index contributed by atoms with van der Waals surface area (Å²) in [6, 6.07) is 6.38. The van der Waals surface area contributed by atoms with Gasteiger partial charge in [0, 0.05) is 4.75 Å². The first-order valence-corrected chi connectivity index (χ1v) is 8.45. The van der Waals surface area contributed by atoms with Gasteiger partial charge in [-0.15, -0.1) is 11.8 Å². The molecule has 3 rings (SSSR count). The minimum atomic E-state index is -1.03. The lowest BCUT2D eigenvalue weighted by Crippen LogP contribution is -2.71. The quantitative estimate of drug-likeness (QED) is 0.477. The summed E-state index contributed by atoms with van der Waals surface area (Å²) in [7, 11) is 0. The van der Waals surface area contributed by atoms with E-state index in [-0.39, 0.29) is 27.7 Å². The molecule has 2 aliphatic heterocycles. The van der Waals surface area contributed by atoms with Crippen LogP contribution in [0, 0.1) is 0 Å². The zero-order valence-corrected chi connectivity index (χ0v) is 15.6. The monoisotopic (exact) mass is 403 g/mol. The number of thioether (sulfide) groups is 1. The maximum Gasteiger partial charge on any atom is 0.327 e. The lowest BCUT2D eigenvalue weighted by molar-refractivity contribution is -0.161. The molecule has 0 aliphatic carbocycles. The van der Waals surface area contributed by atoms with E-state index < -0.39 is 34.7 Å². The average Bonchev–Trinajstić information content (AvgIpc) is 2.80. The van der Waals surface area contributed by atoms with E-state index in [1.54, 1.807) is 38.1 Å². The summed E-state index contributed by atoms with van der Waals surface area (Å²) in [6.45, 7) is 3.58. The number of aliphatic carboxylic acids is 1. The number of carbonyl (C=O) groups is 3. The Bertz CT molecular complexity index is 701. The number of amides is 2. The molecule has 0 saturated carbocycles. The van der Waals surface area contributed by atoms with Crippen LogP contribution in [0.4, 0.5) is 0 Å². The molecule has 152 valence electrons. The van der Waals surface area contributed by atoms with Gasteiger partial charge < -0.3 is 37.5 Å². The molecule has 0 aromatic heterocycles. The highest BCUT2D eigenvalue weighted by atomic mass is 32.2. The Labute approximate surface area is 160 Å². The standard InChI is InChI=1S/C16H19N3O4S.3H2O/c1-16(2)11(15(22)23)19-13(21)10(14(19)24-16)18-12(20)9(17)8-6-4-3-5-7-8;;;/h3-7,9-11,14H,17H2,1-2H3,(H,18,20)(H,22,23);3*1H2/t9-,10-,11-,14+;;;/m0.../s1. The third-order valence-electron chi connectivity index (χ3n) is 4.41. The van der Waals surface area contributed by atoms with E-state index in [0.717, 1.165) is 0 Å². The van der Waals surface area contributed by atoms with Crippen LogP contribution in [0.15, 0.2) is 30.3 Å². The van der Waals surface area contributed by atoms with Gasteiger partial charge in [0.1, 0.15) is 23.5 Å². The van der Waals surface area contributed by atoms with Crippen molar-refractivity contribution < 1.29 is 35.9 Å². The zero-order valence-electron chi connectivity index (χ0n) is 14.8. The molecule has 2 heterocycles. The molecule has 11 heteroatoms. The fraction of sp³-hybridized carbons (Fsp3) is 0.438. The van der Waals surface area contributed by atoms with Gasteiger partial charge in [-0.1, -0.05) is 30.3 Å². The Balaban J connectivity index is 0.00000225. The van der Waals surface area contributed by atoms with Crippen molar-refractivity contribution in [2.45, 2.75) is 42.1 Å². The molecule has 2 aliphatic rings. The molecule has 2 saturated heterocycles. The Kier molecular flexibility index (Phi) is 7.97. The van der Waals surface area contributed by atoms with E-state index in [4.69, 9.17) is 5.73 Å². The van der Waals surface area contributed by atoms with Crippen LogP contribution in [-0.4, -0.2) is 66.4 Å². The minimum absolute atomic E-state index is 0. The van der Waals surface area contributed by atoms with Gasteiger partial charge in [-0.2, -0.15) is 0 Å². The van der Waals surface area contributed by atoms with Gasteiger partial charge in [-0.05, 0) is 19.4 Å². The Morgan fingerprint density at radius 2 is 1.78 bits per heavy atom. The van der Waals surface area contributed by atoms with Crippen LogP contribution in [0.25, 0.3) is 0 Å². The van der Waals surface area contributed by atoms with E-state index in [1.807, 2.05) is 6.07 Å². The summed E-state index contributed by atoms with van der Waals surface area (Å²) in [4.78, 5) is 37.5. The first-order valence-electron chi connectivity index (χ1n) is 7.58. The molecular weight excluding hydrogens is 378 g/mol. The number of carboxylic acids is 1. The van der Waals surface area contributed by atoms with E-state index in [9.17, 15) is 19.5 Å². The number of rotatable bonds is 4. The molecule has 1 aromatic rings. The normalized spacial score (nSPS) is 25.5. The molecule has 10 N–H and O–H groups in total. The van der Waals surface area contributed by atoms with E-state index in [1.165, 1.54) is 16.7 Å². The van der Waals surface area contributed by atoms with Gasteiger partial charge in [0.05, 0.1) is 0 Å². The summed E-state index contributed by atoms with van der Waals surface area (Å²) >= 11 is 1.38. The highest BCUT2D eigenvalue weighted by Gasteiger charge is 2.64. The third kappa shape index (κ3) is 4.06. The van der Waals surface area contributed by atoms with Crippen LogP contribution in [0.3, 0.4) is 0 Å². The average molecular weight is 403 g/mol. The van der Waals surface area contributed by atoms with Crippen LogP contribution in [0.1, 0.15) is 25.5 Å². The second kappa shape index (κ2) is 8.67. The van der Waals surface area contributed by atoms with Crippen LogP contribution < -0.4 is 11.1 Å². The lowest BCUT2D eigenvalue weighted by atomic mass is 9.95. The predicted molar refractivity (Wildman–Crippen MR) is 99.9 cm³/mol. The molecule has 0 bridgehead atoms. The molecule has 0 spiro atoms. The number of carboxylic acid groups (broad SMARTS) is 1.